The Morgan fingerprint density at radius 3 is 2.16 bits per heavy atom. The highest BCUT2D eigenvalue weighted by Gasteiger charge is 2.53. The van der Waals surface area contributed by atoms with Crippen molar-refractivity contribution in [2.24, 2.45) is 11.3 Å². The molecule has 176 valence electrons. The molecule has 31 heavy (non-hydrogen) atoms. The standard InChI is InChI=1S/C23H40N4O4/c1-7-22(5,6)17-8-10-23(11-9-17)18(28)27(19(29)24-23)16-25-12-14-26(15-13-25)20(30)31-21(2,3)4/h17H,7-16H2,1-6H3,(H,24,29). The van der Waals surface area contributed by atoms with Gasteiger partial charge in [0.15, 0.2) is 0 Å². The van der Waals surface area contributed by atoms with Crippen molar-refractivity contribution in [2.45, 2.75) is 84.8 Å². The average Bonchev–Trinajstić information content (AvgIpc) is 2.91. The second-order valence-corrected chi connectivity index (χ2v) is 11.1. The fraction of sp³-hybridized carbons (Fsp3) is 0.870. The van der Waals surface area contributed by atoms with Gasteiger partial charge in [-0.2, -0.15) is 0 Å². The maximum absolute atomic E-state index is 13.3. The summed E-state index contributed by atoms with van der Waals surface area (Å²) in [6.45, 7) is 14.9. The van der Waals surface area contributed by atoms with Gasteiger partial charge in [-0.25, -0.2) is 14.5 Å². The van der Waals surface area contributed by atoms with E-state index in [2.05, 4.69) is 31.0 Å². The molecule has 2 heterocycles. The summed E-state index contributed by atoms with van der Waals surface area (Å²) in [6, 6.07) is -0.284. The molecule has 8 nitrogen and oxygen atoms in total. The van der Waals surface area contributed by atoms with Gasteiger partial charge in [0, 0.05) is 26.2 Å². The van der Waals surface area contributed by atoms with Gasteiger partial charge in [-0.1, -0.05) is 27.2 Å². The molecule has 0 aromatic carbocycles. The van der Waals surface area contributed by atoms with E-state index in [0.717, 1.165) is 19.3 Å². The first kappa shape index (κ1) is 23.8. The third-order valence-electron chi connectivity index (χ3n) is 7.47. The van der Waals surface area contributed by atoms with Gasteiger partial charge >= 0.3 is 12.1 Å². The Labute approximate surface area is 186 Å². The van der Waals surface area contributed by atoms with E-state index in [0.29, 0.717) is 44.9 Å². The summed E-state index contributed by atoms with van der Waals surface area (Å²) in [4.78, 5) is 43.3. The van der Waals surface area contributed by atoms with Crippen molar-refractivity contribution >= 4 is 18.0 Å². The Morgan fingerprint density at radius 1 is 1.06 bits per heavy atom. The van der Waals surface area contributed by atoms with Crippen molar-refractivity contribution in [2.75, 3.05) is 32.8 Å². The third-order valence-corrected chi connectivity index (χ3v) is 7.47. The monoisotopic (exact) mass is 436 g/mol. The highest BCUT2D eigenvalue weighted by atomic mass is 16.6. The number of rotatable bonds is 4. The van der Waals surface area contributed by atoms with E-state index in [1.54, 1.807) is 4.90 Å². The number of carbonyl (C=O) groups is 3. The molecule has 8 heteroatoms. The molecule has 0 atom stereocenters. The van der Waals surface area contributed by atoms with Gasteiger partial charge in [-0.3, -0.25) is 9.69 Å². The van der Waals surface area contributed by atoms with Crippen LogP contribution in [0.15, 0.2) is 0 Å². The van der Waals surface area contributed by atoms with Gasteiger partial charge in [0.25, 0.3) is 5.91 Å². The number of nitrogens with zero attached hydrogens (tertiary/aromatic N) is 3. The minimum Gasteiger partial charge on any atom is -0.444 e. The molecule has 0 unspecified atom stereocenters. The number of amides is 4. The molecule has 0 aromatic heterocycles. The molecular weight excluding hydrogens is 396 g/mol. The Morgan fingerprint density at radius 2 is 1.65 bits per heavy atom. The zero-order valence-electron chi connectivity index (χ0n) is 20.1. The Kier molecular flexibility index (Phi) is 6.61. The van der Waals surface area contributed by atoms with E-state index < -0.39 is 11.1 Å². The predicted molar refractivity (Wildman–Crippen MR) is 118 cm³/mol. The summed E-state index contributed by atoms with van der Waals surface area (Å²) in [7, 11) is 0. The molecule has 2 saturated heterocycles. The van der Waals surface area contributed by atoms with Crippen LogP contribution >= 0.6 is 0 Å². The lowest BCUT2D eigenvalue weighted by atomic mass is 9.65. The maximum Gasteiger partial charge on any atom is 0.410 e. The summed E-state index contributed by atoms with van der Waals surface area (Å²) < 4.78 is 5.44. The molecule has 0 bridgehead atoms. The van der Waals surface area contributed by atoms with E-state index in [1.807, 2.05) is 20.8 Å². The van der Waals surface area contributed by atoms with E-state index in [-0.39, 0.29) is 30.1 Å². The molecular formula is C23H40N4O4. The van der Waals surface area contributed by atoms with E-state index in [1.165, 1.54) is 4.90 Å². The summed E-state index contributed by atoms with van der Waals surface area (Å²) >= 11 is 0. The Bertz CT molecular complexity index is 699. The van der Waals surface area contributed by atoms with Crippen LogP contribution in [-0.4, -0.2) is 76.7 Å². The zero-order valence-corrected chi connectivity index (χ0v) is 20.1. The van der Waals surface area contributed by atoms with Crippen LogP contribution in [0.3, 0.4) is 0 Å². The first-order valence-electron chi connectivity index (χ1n) is 11.7. The molecule has 3 fully saturated rings. The molecule has 1 spiro atoms. The van der Waals surface area contributed by atoms with Crippen molar-refractivity contribution in [1.82, 2.24) is 20.0 Å². The van der Waals surface area contributed by atoms with Gasteiger partial charge in [0.05, 0.1) is 6.67 Å². The lowest BCUT2D eigenvalue weighted by Crippen LogP contribution is -2.54. The molecule has 2 aliphatic heterocycles. The highest BCUT2D eigenvalue weighted by Crippen LogP contribution is 2.45. The van der Waals surface area contributed by atoms with Crippen LogP contribution in [-0.2, 0) is 9.53 Å². The smallest absolute Gasteiger partial charge is 0.410 e. The molecule has 4 amide bonds. The number of piperazine rings is 1. The van der Waals surface area contributed by atoms with Gasteiger partial charge < -0.3 is 15.0 Å². The lowest BCUT2D eigenvalue weighted by molar-refractivity contribution is -0.134. The van der Waals surface area contributed by atoms with Gasteiger partial charge in [0.1, 0.15) is 11.1 Å². The maximum atomic E-state index is 13.3. The van der Waals surface area contributed by atoms with E-state index >= 15 is 0 Å². The molecule has 1 N–H and O–H groups in total. The van der Waals surface area contributed by atoms with Crippen molar-refractivity contribution in [3.8, 4) is 0 Å². The Hall–Kier alpha value is -1.83. The number of imide groups is 1. The summed E-state index contributed by atoms with van der Waals surface area (Å²) in [6.07, 6.45) is 4.17. The quantitative estimate of drug-likeness (QED) is 0.683. The second-order valence-electron chi connectivity index (χ2n) is 11.1. The zero-order chi connectivity index (χ0) is 23.0. The van der Waals surface area contributed by atoms with Crippen molar-refractivity contribution in [3.05, 3.63) is 0 Å². The van der Waals surface area contributed by atoms with Gasteiger partial charge in [0.2, 0.25) is 0 Å². The Balaban J connectivity index is 1.53. The summed E-state index contributed by atoms with van der Waals surface area (Å²) in [5, 5.41) is 3.03. The van der Waals surface area contributed by atoms with Crippen molar-refractivity contribution in [1.29, 1.82) is 0 Å². The number of hydrogen-bond acceptors (Lipinski definition) is 5. The number of hydrogen-bond donors (Lipinski definition) is 1. The molecule has 0 radical (unpaired) electrons. The molecule has 3 rings (SSSR count). The fourth-order valence-electron chi connectivity index (χ4n) is 4.92. The summed E-state index contributed by atoms with van der Waals surface area (Å²) in [5.41, 5.74) is -0.982. The molecule has 1 saturated carbocycles. The number of nitrogens with one attached hydrogen (secondary N) is 1. The first-order chi connectivity index (χ1) is 14.4. The van der Waals surface area contributed by atoms with Crippen LogP contribution in [0.1, 0.15) is 73.6 Å². The minimum atomic E-state index is -0.726. The lowest BCUT2D eigenvalue weighted by Gasteiger charge is -2.42. The van der Waals surface area contributed by atoms with Crippen LogP contribution in [0.5, 0.6) is 0 Å². The normalized spacial score (nSPS) is 28.3. The van der Waals surface area contributed by atoms with E-state index in [9.17, 15) is 14.4 Å². The van der Waals surface area contributed by atoms with Crippen LogP contribution in [0.25, 0.3) is 0 Å². The molecule has 0 aromatic rings. The van der Waals surface area contributed by atoms with Crippen LogP contribution in [0, 0.1) is 11.3 Å². The average molecular weight is 437 g/mol. The predicted octanol–water partition coefficient (Wildman–Crippen LogP) is 3.41. The van der Waals surface area contributed by atoms with Crippen molar-refractivity contribution < 1.29 is 19.1 Å². The van der Waals surface area contributed by atoms with Crippen molar-refractivity contribution in [3.63, 3.8) is 0 Å². The SMILES string of the molecule is CCC(C)(C)C1CCC2(CC1)NC(=O)N(CN1CCN(C(=O)OC(C)(C)C)CC1)C2=O. The highest BCUT2D eigenvalue weighted by molar-refractivity contribution is 6.07. The molecule has 1 aliphatic carbocycles. The van der Waals surface area contributed by atoms with Crippen LogP contribution < -0.4 is 5.32 Å². The fourth-order valence-corrected chi connectivity index (χ4v) is 4.92. The van der Waals surface area contributed by atoms with E-state index in [4.69, 9.17) is 4.74 Å². The number of carbonyl (C=O) groups excluding carboxylic acids is 3. The van der Waals surface area contributed by atoms with Crippen LogP contribution in [0.4, 0.5) is 9.59 Å². The molecule has 3 aliphatic rings. The van der Waals surface area contributed by atoms with Gasteiger partial charge in [-0.15, -0.1) is 0 Å². The topological polar surface area (TPSA) is 82.2 Å². The largest absolute Gasteiger partial charge is 0.444 e. The number of urea groups is 1. The first-order valence-corrected chi connectivity index (χ1v) is 11.7. The number of ether oxygens (including phenoxy) is 1. The van der Waals surface area contributed by atoms with Crippen LogP contribution in [0.2, 0.25) is 0 Å². The van der Waals surface area contributed by atoms with Gasteiger partial charge in [-0.05, 0) is 57.8 Å². The summed E-state index contributed by atoms with van der Waals surface area (Å²) in [5.74, 6) is 0.502. The minimum absolute atomic E-state index is 0.0835. The third kappa shape index (κ3) is 5.16. The second kappa shape index (κ2) is 8.60.